The van der Waals surface area contributed by atoms with Gasteiger partial charge in [0.25, 0.3) is 0 Å². The molecule has 2 heterocycles. The van der Waals surface area contributed by atoms with Crippen LogP contribution in [0, 0.1) is 0 Å². The SMILES string of the molecule is c1cc2c(cc1C1CS1)OCO2. The maximum atomic E-state index is 5.29. The summed E-state index contributed by atoms with van der Waals surface area (Å²) in [7, 11) is 0. The Bertz CT molecular complexity index is 320. The average molecular weight is 180 g/mol. The van der Waals surface area contributed by atoms with Crippen LogP contribution in [-0.4, -0.2) is 12.5 Å². The van der Waals surface area contributed by atoms with E-state index in [1.165, 1.54) is 11.3 Å². The van der Waals surface area contributed by atoms with Gasteiger partial charge in [-0.3, -0.25) is 0 Å². The highest BCUT2D eigenvalue weighted by Crippen LogP contribution is 2.48. The van der Waals surface area contributed by atoms with Crippen molar-refractivity contribution in [3.05, 3.63) is 23.8 Å². The van der Waals surface area contributed by atoms with Crippen molar-refractivity contribution in [2.75, 3.05) is 12.5 Å². The van der Waals surface area contributed by atoms with Crippen LogP contribution in [0.2, 0.25) is 0 Å². The van der Waals surface area contributed by atoms with Crippen molar-refractivity contribution >= 4 is 11.8 Å². The molecule has 0 saturated carbocycles. The van der Waals surface area contributed by atoms with Crippen LogP contribution in [0.25, 0.3) is 0 Å². The fourth-order valence-corrected chi connectivity index (χ4v) is 1.98. The third-order valence-corrected chi connectivity index (χ3v) is 3.04. The summed E-state index contributed by atoms with van der Waals surface area (Å²) in [5, 5.41) is 0.708. The monoisotopic (exact) mass is 180 g/mol. The highest BCUT2D eigenvalue weighted by atomic mass is 32.2. The molecule has 3 heteroatoms. The summed E-state index contributed by atoms with van der Waals surface area (Å²) in [5.41, 5.74) is 1.37. The fourth-order valence-electron chi connectivity index (χ4n) is 1.35. The molecule has 2 nitrogen and oxygen atoms in total. The molecule has 12 heavy (non-hydrogen) atoms. The molecule has 2 aliphatic rings. The number of hydrogen-bond donors (Lipinski definition) is 0. The lowest BCUT2D eigenvalue weighted by molar-refractivity contribution is 0.174. The summed E-state index contributed by atoms with van der Waals surface area (Å²) < 4.78 is 10.5. The summed E-state index contributed by atoms with van der Waals surface area (Å²) >= 11 is 1.97. The second-order valence-corrected chi connectivity index (χ2v) is 4.17. The lowest BCUT2D eigenvalue weighted by Gasteiger charge is -1.98. The van der Waals surface area contributed by atoms with Crippen LogP contribution in [0.1, 0.15) is 10.8 Å². The van der Waals surface area contributed by atoms with Crippen molar-refractivity contribution in [2.45, 2.75) is 5.25 Å². The standard InChI is InChI=1S/C9H8O2S/c1-2-7-8(11-5-10-7)3-6(1)9-4-12-9/h1-3,9H,4-5H2. The minimum Gasteiger partial charge on any atom is -0.454 e. The molecule has 1 fully saturated rings. The van der Waals surface area contributed by atoms with Gasteiger partial charge in [-0.2, -0.15) is 11.8 Å². The van der Waals surface area contributed by atoms with Gasteiger partial charge in [-0.15, -0.1) is 0 Å². The maximum absolute atomic E-state index is 5.29. The number of benzene rings is 1. The van der Waals surface area contributed by atoms with Gasteiger partial charge in [0, 0.05) is 11.0 Å². The van der Waals surface area contributed by atoms with E-state index in [1.807, 2.05) is 17.8 Å². The molecule has 0 radical (unpaired) electrons. The van der Waals surface area contributed by atoms with Gasteiger partial charge in [0.1, 0.15) is 0 Å². The van der Waals surface area contributed by atoms with Gasteiger partial charge in [0.2, 0.25) is 6.79 Å². The van der Waals surface area contributed by atoms with Crippen LogP contribution >= 0.6 is 11.8 Å². The zero-order chi connectivity index (χ0) is 7.97. The van der Waals surface area contributed by atoms with Crippen LogP contribution in [0.15, 0.2) is 18.2 Å². The Morgan fingerprint density at radius 3 is 2.92 bits per heavy atom. The summed E-state index contributed by atoms with van der Waals surface area (Å²) in [6, 6.07) is 6.21. The summed E-state index contributed by atoms with van der Waals surface area (Å²) in [6.07, 6.45) is 0. The lowest BCUT2D eigenvalue weighted by atomic mass is 10.1. The van der Waals surface area contributed by atoms with Gasteiger partial charge in [-0.1, -0.05) is 6.07 Å². The van der Waals surface area contributed by atoms with E-state index in [0.717, 1.165) is 11.5 Å². The van der Waals surface area contributed by atoms with Gasteiger partial charge < -0.3 is 9.47 Å². The molecular formula is C9H8O2S. The van der Waals surface area contributed by atoms with Gasteiger partial charge in [0.15, 0.2) is 11.5 Å². The van der Waals surface area contributed by atoms with E-state index >= 15 is 0 Å². The van der Waals surface area contributed by atoms with Crippen LogP contribution in [-0.2, 0) is 0 Å². The van der Waals surface area contributed by atoms with E-state index in [-0.39, 0.29) is 0 Å². The van der Waals surface area contributed by atoms with E-state index in [4.69, 9.17) is 9.47 Å². The molecule has 1 unspecified atom stereocenters. The van der Waals surface area contributed by atoms with E-state index in [1.54, 1.807) is 0 Å². The Hall–Kier alpha value is -0.830. The zero-order valence-corrected chi connectivity index (χ0v) is 7.26. The molecule has 0 spiro atoms. The van der Waals surface area contributed by atoms with Crippen molar-refractivity contribution in [2.24, 2.45) is 0 Å². The lowest BCUT2D eigenvalue weighted by Crippen LogP contribution is -1.92. The summed E-state index contributed by atoms with van der Waals surface area (Å²) in [4.78, 5) is 0. The van der Waals surface area contributed by atoms with Gasteiger partial charge >= 0.3 is 0 Å². The minimum atomic E-state index is 0.372. The number of fused-ring (bicyclic) bond motifs is 1. The molecule has 1 aromatic carbocycles. The Kier molecular flexibility index (Phi) is 1.29. The highest BCUT2D eigenvalue weighted by Gasteiger charge is 2.26. The highest BCUT2D eigenvalue weighted by molar-refractivity contribution is 8.06. The van der Waals surface area contributed by atoms with Crippen molar-refractivity contribution < 1.29 is 9.47 Å². The van der Waals surface area contributed by atoms with Crippen LogP contribution in [0.5, 0.6) is 11.5 Å². The van der Waals surface area contributed by atoms with Crippen molar-refractivity contribution in [3.63, 3.8) is 0 Å². The molecule has 3 rings (SSSR count). The topological polar surface area (TPSA) is 18.5 Å². The molecule has 1 aromatic rings. The molecule has 0 bridgehead atoms. The largest absolute Gasteiger partial charge is 0.454 e. The molecule has 62 valence electrons. The second-order valence-electron chi connectivity index (χ2n) is 2.93. The first-order valence-corrected chi connectivity index (χ1v) is 4.99. The van der Waals surface area contributed by atoms with E-state index in [0.29, 0.717) is 12.0 Å². The number of ether oxygens (including phenoxy) is 2. The Balaban J connectivity index is 2.03. The quantitative estimate of drug-likeness (QED) is 0.617. The first kappa shape index (κ1) is 6.66. The molecule has 1 atom stereocenters. The van der Waals surface area contributed by atoms with Crippen molar-refractivity contribution in [1.29, 1.82) is 0 Å². The maximum Gasteiger partial charge on any atom is 0.231 e. The van der Waals surface area contributed by atoms with Gasteiger partial charge in [-0.25, -0.2) is 0 Å². The predicted molar refractivity (Wildman–Crippen MR) is 47.8 cm³/mol. The molecule has 2 aliphatic heterocycles. The van der Waals surface area contributed by atoms with E-state index in [2.05, 4.69) is 12.1 Å². The van der Waals surface area contributed by atoms with Crippen molar-refractivity contribution in [1.82, 2.24) is 0 Å². The molecule has 0 aliphatic carbocycles. The van der Waals surface area contributed by atoms with E-state index in [9.17, 15) is 0 Å². The third kappa shape index (κ3) is 0.966. The van der Waals surface area contributed by atoms with Gasteiger partial charge in [-0.05, 0) is 17.7 Å². The number of rotatable bonds is 1. The molecule has 1 saturated heterocycles. The number of thioether (sulfide) groups is 1. The Labute approximate surface area is 74.9 Å². The smallest absolute Gasteiger partial charge is 0.231 e. The average Bonchev–Trinajstić information content (AvgIpc) is 2.84. The zero-order valence-electron chi connectivity index (χ0n) is 6.45. The number of hydrogen-bond acceptors (Lipinski definition) is 3. The van der Waals surface area contributed by atoms with Gasteiger partial charge in [0.05, 0.1) is 0 Å². The normalized spacial score (nSPS) is 24.2. The second kappa shape index (κ2) is 2.33. The fraction of sp³-hybridized carbons (Fsp3) is 0.333. The van der Waals surface area contributed by atoms with Crippen LogP contribution in [0.3, 0.4) is 0 Å². The first-order chi connectivity index (χ1) is 5.93. The minimum absolute atomic E-state index is 0.372. The molecule has 0 aromatic heterocycles. The molecule has 0 amide bonds. The Morgan fingerprint density at radius 2 is 2.08 bits per heavy atom. The van der Waals surface area contributed by atoms with E-state index < -0.39 is 0 Å². The summed E-state index contributed by atoms with van der Waals surface area (Å²) in [5.74, 6) is 3.03. The van der Waals surface area contributed by atoms with Crippen molar-refractivity contribution in [3.8, 4) is 11.5 Å². The first-order valence-electron chi connectivity index (χ1n) is 3.94. The molecular weight excluding hydrogens is 172 g/mol. The Morgan fingerprint density at radius 1 is 1.25 bits per heavy atom. The molecule has 0 N–H and O–H groups in total. The van der Waals surface area contributed by atoms with Crippen LogP contribution in [0.4, 0.5) is 0 Å². The summed E-state index contributed by atoms with van der Waals surface area (Å²) in [6.45, 7) is 0.372. The van der Waals surface area contributed by atoms with Crippen LogP contribution < -0.4 is 9.47 Å². The predicted octanol–water partition coefficient (Wildman–Crippen LogP) is 2.20. The third-order valence-electron chi connectivity index (χ3n) is 2.10.